The Labute approximate surface area is 144 Å². The van der Waals surface area contributed by atoms with Gasteiger partial charge in [0.25, 0.3) is 0 Å². The lowest BCUT2D eigenvalue weighted by Crippen LogP contribution is -2.30. The first kappa shape index (κ1) is 18.5. The molecule has 1 heterocycles. The van der Waals surface area contributed by atoms with E-state index >= 15 is 0 Å². The fourth-order valence-corrected chi connectivity index (χ4v) is 4.19. The number of likely N-dealkylation sites (tertiary alicyclic amines) is 1. The molecule has 0 spiro atoms. The van der Waals surface area contributed by atoms with E-state index in [9.17, 15) is 8.42 Å². The molecule has 0 saturated carbocycles. The summed E-state index contributed by atoms with van der Waals surface area (Å²) < 4.78 is 32.2. The van der Waals surface area contributed by atoms with E-state index in [0.717, 1.165) is 26.1 Å². The summed E-state index contributed by atoms with van der Waals surface area (Å²) in [5.74, 6) is 0.465. The molecule has 0 aliphatic carbocycles. The molecule has 1 aromatic rings. The van der Waals surface area contributed by atoms with Crippen LogP contribution in [0.1, 0.15) is 32.1 Å². The molecule has 0 unspecified atom stereocenters. The fourth-order valence-electron chi connectivity index (χ4n) is 2.77. The summed E-state index contributed by atoms with van der Waals surface area (Å²) in [5, 5.41) is 0.292. The molecule has 1 aromatic carbocycles. The van der Waals surface area contributed by atoms with Gasteiger partial charge in [0.1, 0.15) is 5.75 Å². The Morgan fingerprint density at radius 1 is 1.22 bits per heavy atom. The summed E-state index contributed by atoms with van der Waals surface area (Å²) in [4.78, 5) is 2.59. The molecular weight excluding hydrogens is 336 g/mol. The smallest absolute Gasteiger partial charge is 0.240 e. The minimum absolute atomic E-state index is 0.165. The number of nitrogens with zero attached hydrogens (tertiary/aromatic N) is 1. The Kier molecular flexibility index (Phi) is 7.14. The lowest BCUT2D eigenvalue weighted by atomic mass is 10.2. The number of rotatable bonds is 7. The second-order valence-corrected chi connectivity index (χ2v) is 7.98. The van der Waals surface area contributed by atoms with Crippen LogP contribution in [0.4, 0.5) is 0 Å². The van der Waals surface area contributed by atoms with E-state index in [1.165, 1.54) is 44.9 Å². The topological polar surface area (TPSA) is 58.6 Å². The Bertz CT molecular complexity index is 599. The molecule has 0 atom stereocenters. The zero-order valence-corrected chi connectivity index (χ0v) is 15.1. The Morgan fingerprint density at radius 3 is 2.52 bits per heavy atom. The molecule has 0 bridgehead atoms. The number of methoxy groups -OCH3 is 1. The number of halogens is 1. The number of hydrogen-bond donors (Lipinski definition) is 1. The van der Waals surface area contributed by atoms with E-state index in [1.54, 1.807) is 6.07 Å². The summed E-state index contributed by atoms with van der Waals surface area (Å²) in [7, 11) is -2.03. The van der Waals surface area contributed by atoms with E-state index in [2.05, 4.69) is 9.62 Å². The van der Waals surface area contributed by atoms with Gasteiger partial charge in [0.2, 0.25) is 10.0 Å². The molecule has 7 heteroatoms. The van der Waals surface area contributed by atoms with Crippen molar-refractivity contribution >= 4 is 21.6 Å². The second-order valence-electron chi connectivity index (χ2n) is 5.80. The van der Waals surface area contributed by atoms with Gasteiger partial charge in [-0.1, -0.05) is 24.4 Å². The van der Waals surface area contributed by atoms with Crippen LogP contribution in [0.15, 0.2) is 23.1 Å². The molecular formula is C16H25ClN2O3S. The molecule has 1 aliphatic heterocycles. The molecule has 1 aliphatic rings. The first-order valence-electron chi connectivity index (χ1n) is 8.08. The zero-order valence-electron chi connectivity index (χ0n) is 13.6. The summed E-state index contributed by atoms with van der Waals surface area (Å²) in [5.41, 5.74) is 0. The van der Waals surface area contributed by atoms with Gasteiger partial charge >= 0.3 is 0 Å². The van der Waals surface area contributed by atoms with Crippen molar-refractivity contribution in [3.8, 4) is 5.75 Å². The first-order valence-corrected chi connectivity index (χ1v) is 9.94. The fraction of sp³-hybridized carbons (Fsp3) is 0.625. The van der Waals surface area contributed by atoms with Crippen LogP contribution in [-0.4, -0.2) is 46.6 Å². The van der Waals surface area contributed by atoms with E-state index in [4.69, 9.17) is 16.3 Å². The van der Waals surface area contributed by atoms with Gasteiger partial charge in [-0.15, -0.1) is 0 Å². The minimum Gasteiger partial charge on any atom is -0.495 e. The molecule has 0 amide bonds. The number of hydrogen-bond acceptors (Lipinski definition) is 4. The monoisotopic (exact) mass is 360 g/mol. The summed E-state index contributed by atoms with van der Waals surface area (Å²) in [6, 6.07) is 4.48. The Hall–Kier alpha value is -0.820. The molecule has 1 saturated heterocycles. The lowest BCUT2D eigenvalue weighted by Gasteiger charge is -2.19. The Balaban J connectivity index is 1.82. The van der Waals surface area contributed by atoms with Crippen LogP contribution in [0.5, 0.6) is 5.75 Å². The number of sulfonamides is 1. The van der Waals surface area contributed by atoms with Crippen molar-refractivity contribution in [1.29, 1.82) is 0 Å². The molecule has 1 N–H and O–H groups in total. The average Bonchev–Trinajstić information content (AvgIpc) is 2.80. The van der Waals surface area contributed by atoms with E-state index < -0.39 is 10.0 Å². The van der Waals surface area contributed by atoms with Crippen LogP contribution in [-0.2, 0) is 10.0 Å². The molecule has 2 rings (SSSR count). The van der Waals surface area contributed by atoms with Crippen LogP contribution in [0.25, 0.3) is 0 Å². The maximum atomic E-state index is 12.3. The van der Waals surface area contributed by atoms with Crippen LogP contribution in [0, 0.1) is 0 Å². The van der Waals surface area contributed by atoms with Gasteiger partial charge < -0.3 is 9.64 Å². The van der Waals surface area contributed by atoms with Crippen molar-refractivity contribution < 1.29 is 13.2 Å². The van der Waals surface area contributed by atoms with Crippen LogP contribution < -0.4 is 9.46 Å². The van der Waals surface area contributed by atoms with Gasteiger partial charge in [-0.25, -0.2) is 13.1 Å². The largest absolute Gasteiger partial charge is 0.495 e. The van der Waals surface area contributed by atoms with Crippen LogP contribution in [0.2, 0.25) is 5.02 Å². The van der Waals surface area contributed by atoms with Crippen molar-refractivity contribution in [2.75, 3.05) is 33.3 Å². The van der Waals surface area contributed by atoms with Crippen molar-refractivity contribution in [3.05, 3.63) is 23.2 Å². The second kappa shape index (κ2) is 8.87. The first-order chi connectivity index (χ1) is 11.0. The van der Waals surface area contributed by atoms with Gasteiger partial charge in [-0.2, -0.15) is 0 Å². The van der Waals surface area contributed by atoms with Gasteiger partial charge in [0.15, 0.2) is 0 Å². The highest BCUT2D eigenvalue weighted by atomic mass is 35.5. The standard InChI is InChI=1S/C16H25ClN2O3S/c1-22-16-8-7-14(13-15(16)17)23(20,21)18-9-6-12-19-10-4-2-3-5-11-19/h7-8,13,18H,2-6,9-12H2,1H3. The third kappa shape index (κ3) is 5.64. The molecule has 0 aromatic heterocycles. The SMILES string of the molecule is COc1ccc(S(=O)(=O)NCCCN2CCCCCC2)cc1Cl. The Morgan fingerprint density at radius 2 is 1.91 bits per heavy atom. The predicted octanol–water partition coefficient (Wildman–Crippen LogP) is 2.89. The van der Waals surface area contributed by atoms with E-state index in [-0.39, 0.29) is 4.90 Å². The predicted molar refractivity (Wildman–Crippen MR) is 92.7 cm³/mol. The quantitative estimate of drug-likeness (QED) is 0.759. The number of nitrogens with one attached hydrogen (secondary N) is 1. The molecule has 1 fully saturated rings. The van der Waals surface area contributed by atoms with Crippen molar-refractivity contribution in [3.63, 3.8) is 0 Å². The van der Waals surface area contributed by atoms with Crippen LogP contribution in [0.3, 0.4) is 0 Å². The van der Waals surface area contributed by atoms with Gasteiger partial charge in [-0.3, -0.25) is 0 Å². The number of benzene rings is 1. The van der Waals surface area contributed by atoms with E-state index in [1.807, 2.05) is 0 Å². The maximum Gasteiger partial charge on any atom is 0.240 e. The highest BCUT2D eigenvalue weighted by molar-refractivity contribution is 7.89. The van der Waals surface area contributed by atoms with Gasteiger partial charge in [0, 0.05) is 6.54 Å². The highest BCUT2D eigenvalue weighted by Gasteiger charge is 2.16. The summed E-state index contributed by atoms with van der Waals surface area (Å²) >= 11 is 5.99. The third-order valence-electron chi connectivity index (χ3n) is 4.08. The molecule has 5 nitrogen and oxygen atoms in total. The lowest BCUT2D eigenvalue weighted by molar-refractivity contribution is 0.282. The van der Waals surface area contributed by atoms with Crippen molar-refractivity contribution in [1.82, 2.24) is 9.62 Å². The maximum absolute atomic E-state index is 12.3. The minimum atomic E-state index is -3.53. The van der Waals surface area contributed by atoms with Crippen LogP contribution >= 0.6 is 11.6 Å². The van der Waals surface area contributed by atoms with Crippen molar-refractivity contribution in [2.45, 2.75) is 37.0 Å². The van der Waals surface area contributed by atoms with E-state index in [0.29, 0.717) is 17.3 Å². The van der Waals surface area contributed by atoms with Gasteiger partial charge in [0.05, 0.1) is 17.0 Å². The zero-order chi connectivity index (χ0) is 16.7. The molecule has 23 heavy (non-hydrogen) atoms. The summed E-state index contributed by atoms with van der Waals surface area (Å²) in [6.45, 7) is 3.62. The molecule has 0 radical (unpaired) electrons. The molecule has 130 valence electrons. The van der Waals surface area contributed by atoms with Crippen molar-refractivity contribution in [2.24, 2.45) is 0 Å². The average molecular weight is 361 g/mol. The normalized spacial score (nSPS) is 17.0. The number of ether oxygens (including phenoxy) is 1. The summed E-state index contributed by atoms with van der Waals surface area (Å²) in [6.07, 6.45) is 5.91. The van der Waals surface area contributed by atoms with Gasteiger partial charge in [-0.05, 0) is 57.1 Å². The third-order valence-corrected chi connectivity index (χ3v) is 5.83. The highest BCUT2D eigenvalue weighted by Crippen LogP contribution is 2.26.